The molecule has 1 unspecified atom stereocenters. The first-order valence-corrected chi connectivity index (χ1v) is 8.20. The lowest BCUT2D eigenvalue weighted by atomic mass is 9.64. The molecule has 2 amide bonds. The Morgan fingerprint density at radius 2 is 1.83 bits per heavy atom. The summed E-state index contributed by atoms with van der Waals surface area (Å²) in [4.78, 5) is 29.5. The van der Waals surface area contributed by atoms with E-state index in [9.17, 15) is 14.7 Å². The molecule has 23 heavy (non-hydrogen) atoms. The van der Waals surface area contributed by atoms with Crippen LogP contribution in [0.2, 0.25) is 0 Å². The maximum atomic E-state index is 13.3. The molecule has 1 N–H and O–H groups in total. The molecule has 1 aromatic carbocycles. The molecule has 0 radical (unpaired) electrons. The number of hydrogen-bond donors (Lipinski definition) is 1. The first-order valence-electron chi connectivity index (χ1n) is 8.20. The van der Waals surface area contributed by atoms with Crippen LogP contribution >= 0.6 is 0 Å². The Morgan fingerprint density at radius 1 is 1.22 bits per heavy atom. The van der Waals surface area contributed by atoms with Gasteiger partial charge in [-0.1, -0.05) is 18.2 Å². The number of fused-ring (bicyclic) bond motifs is 2. The summed E-state index contributed by atoms with van der Waals surface area (Å²) in [7, 11) is 3.73. The van der Waals surface area contributed by atoms with Crippen LogP contribution in [0.5, 0.6) is 0 Å². The van der Waals surface area contributed by atoms with Gasteiger partial charge in [-0.25, -0.2) is 0 Å². The number of carbonyl (C=O) groups excluding carboxylic acids is 2. The second-order valence-electron chi connectivity index (χ2n) is 6.93. The first kappa shape index (κ1) is 16.1. The molecule has 1 heterocycles. The van der Waals surface area contributed by atoms with Gasteiger partial charge in [0, 0.05) is 5.56 Å². The molecule has 2 aliphatic rings. The number of rotatable bonds is 2. The zero-order valence-corrected chi connectivity index (χ0v) is 14.0. The van der Waals surface area contributed by atoms with Crippen LogP contribution in [0.4, 0.5) is 0 Å². The number of imide groups is 1. The van der Waals surface area contributed by atoms with E-state index in [1.54, 1.807) is 0 Å². The SMILES string of the molecule is CC(N(C)C)N1C(=O)c2ccccc2C2(CCC(O)CC2)C1=O. The van der Waals surface area contributed by atoms with Crippen LogP contribution in [0.15, 0.2) is 24.3 Å². The van der Waals surface area contributed by atoms with Gasteiger partial charge in [0.2, 0.25) is 5.91 Å². The molecule has 0 bridgehead atoms. The molecular formula is C18H24N2O3. The van der Waals surface area contributed by atoms with Gasteiger partial charge < -0.3 is 5.11 Å². The Balaban J connectivity index is 2.13. The summed E-state index contributed by atoms with van der Waals surface area (Å²) in [5.41, 5.74) is 0.787. The van der Waals surface area contributed by atoms with E-state index in [2.05, 4.69) is 0 Å². The lowest BCUT2D eigenvalue weighted by molar-refractivity contribution is -0.142. The second-order valence-corrected chi connectivity index (χ2v) is 6.93. The number of aliphatic hydroxyl groups is 1. The standard InChI is InChI=1S/C18H24N2O3/c1-12(19(2)3)20-16(22)14-6-4-5-7-15(14)18(17(20)23)10-8-13(21)9-11-18/h4-7,12-13,21H,8-11H2,1-3H3. The Kier molecular flexibility index (Phi) is 4.02. The molecule has 1 aliphatic heterocycles. The van der Waals surface area contributed by atoms with Crippen molar-refractivity contribution in [3.8, 4) is 0 Å². The number of amides is 2. The quantitative estimate of drug-likeness (QED) is 0.845. The van der Waals surface area contributed by atoms with Crippen molar-refractivity contribution in [2.75, 3.05) is 14.1 Å². The lowest BCUT2D eigenvalue weighted by Crippen LogP contribution is -2.60. The fraction of sp³-hybridized carbons (Fsp3) is 0.556. The monoisotopic (exact) mass is 316 g/mol. The van der Waals surface area contributed by atoms with Crippen LogP contribution in [0, 0.1) is 0 Å². The van der Waals surface area contributed by atoms with Crippen molar-refractivity contribution >= 4 is 11.8 Å². The van der Waals surface area contributed by atoms with Gasteiger partial charge in [-0.3, -0.25) is 19.4 Å². The third kappa shape index (κ3) is 2.39. The summed E-state index contributed by atoms with van der Waals surface area (Å²) < 4.78 is 0. The molecule has 5 heteroatoms. The number of hydrogen-bond acceptors (Lipinski definition) is 4. The van der Waals surface area contributed by atoms with Crippen molar-refractivity contribution < 1.29 is 14.7 Å². The van der Waals surface area contributed by atoms with Crippen molar-refractivity contribution in [3.63, 3.8) is 0 Å². The Labute approximate surface area is 136 Å². The first-order chi connectivity index (χ1) is 10.9. The van der Waals surface area contributed by atoms with E-state index in [1.807, 2.05) is 50.2 Å². The average Bonchev–Trinajstić information content (AvgIpc) is 2.55. The van der Waals surface area contributed by atoms with Crippen molar-refractivity contribution in [1.29, 1.82) is 0 Å². The molecule has 0 saturated heterocycles. The molecule has 1 atom stereocenters. The summed E-state index contributed by atoms with van der Waals surface area (Å²) >= 11 is 0. The van der Waals surface area contributed by atoms with Crippen LogP contribution in [-0.2, 0) is 10.2 Å². The third-order valence-electron chi connectivity index (χ3n) is 5.45. The highest BCUT2D eigenvalue weighted by atomic mass is 16.3. The van der Waals surface area contributed by atoms with E-state index >= 15 is 0 Å². The maximum Gasteiger partial charge on any atom is 0.262 e. The van der Waals surface area contributed by atoms with Crippen LogP contribution in [0.3, 0.4) is 0 Å². The van der Waals surface area contributed by atoms with Crippen molar-refractivity contribution in [2.24, 2.45) is 0 Å². The van der Waals surface area contributed by atoms with Gasteiger partial charge >= 0.3 is 0 Å². The van der Waals surface area contributed by atoms with Gasteiger partial charge in [0.25, 0.3) is 5.91 Å². The summed E-state index contributed by atoms with van der Waals surface area (Å²) in [6.45, 7) is 1.87. The summed E-state index contributed by atoms with van der Waals surface area (Å²) in [5.74, 6) is -0.335. The predicted octanol–water partition coefficient (Wildman–Crippen LogP) is 1.75. The molecule has 1 aliphatic carbocycles. The van der Waals surface area contributed by atoms with E-state index in [4.69, 9.17) is 0 Å². The summed E-state index contributed by atoms with van der Waals surface area (Å²) in [6.07, 6.45) is 1.73. The molecular weight excluding hydrogens is 292 g/mol. The highest BCUT2D eigenvalue weighted by Crippen LogP contribution is 2.45. The van der Waals surface area contributed by atoms with E-state index in [1.165, 1.54) is 4.90 Å². The Morgan fingerprint density at radius 3 is 2.43 bits per heavy atom. The van der Waals surface area contributed by atoms with Gasteiger partial charge in [-0.05, 0) is 58.3 Å². The van der Waals surface area contributed by atoms with Crippen LogP contribution < -0.4 is 0 Å². The highest BCUT2D eigenvalue weighted by molar-refractivity contribution is 6.13. The maximum absolute atomic E-state index is 13.3. The molecule has 1 saturated carbocycles. The molecule has 3 rings (SSSR count). The van der Waals surface area contributed by atoms with E-state index < -0.39 is 5.41 Å². The lowest BCUT2D eigenvalue weighted by Gasteiger charge is -2.47. The van der Waals surface area contributed by atoms with Crippen molar-refractivity contribution in [2.45, 2.75) is 50.3 Å². The molecule has 0 aromatic heterocycles. The smallest absolute Gasteiger partial charge is 0.262 e. The fourth-order valence-corrected chi connectivity index (χ4v) is 3.80. The van der Waals surface area contributed by atoms with Gasteiger partial charge in [-0.15, -0.1) is 0 Å². The van der Waals surface area contributed by atoms with Crippen molar-refractivity contribution in [1.82, 2.24) is 9.80 Å². The zero-order valence-electron chi connectivity index (χ0n) is 14.0. The minimum atomic E-state index is -0.673. The Hall–Kier alpha value is -1.72. The van der Waals surface area contributed by atoms with E-state index in [0.717, 1.165) is 5.56 Å². The van der Waals surface area contributed by atoms with Crippen LogP contribution in [0.1, 0.15) is 48.5 Å². The van der Waals surface area contributed by atoms with Crippen LogP contribution in [-0.4, -0.2) is 53.1 Å². The molecule has 1 fully saturated rings. The van der Waals surface area contributed by atoms with Gasteiger partial charge in [-0.2, -0.15) is 0 Å². The van der Waals surface area contributed by atoms with E-state index in [-0.39, 0.29) is 24.1 Å². The van der Waals surface area contributed by atoms with Gasteiger partial charge in [0.1, 0.15) is 0 Å². The molecule has 124 valence electrons. The number of nitrogens with zero attached hydrogens (tertiary/aromatic N) is 2. The minimum absolute atomic E-state index is 0.116. The molecule has 1 aromatic rings. The van der Waals surface area contributed by atoms with Gasteiger partial charge in [0.05, 0.1) is 17.7 Å². The molecule has 5 nitrogen and oxygen atoms in total. The molecule has 1 spiro atoms. The predicted molar refractivity (Wildman–Crippen MR) is 86.9 cm³/mol. The summed E-state index contributed by atoms with van der Waals surface area (Å²) in [6, 6.07) is 7.44. The summed E-state index contributed by atoms with van der Waals surface area (Å²) in [5, 5.41) is 9.87. The fourth-order valence-electron chi connectivity index (χ4n) is 3.80. The number of benzene rings is 1. The largest absolute Gasteiger partial charge is 0.393 e. The van der Waals surface area contributed by atoms with Crippen LogP contribution in [0.25, 0.3) is 0 Å². The third-order valence-corrected chi connectivity index (χ3v) is 5.45. The Bertz CT molecular complexity index is 633. The minimum Gasteiger partial charge on any atom is -0.393 e. The number of carbonyl (C=O) groups is 2. The highest BCUT2D eigenvalue weighted by Gasteiger charge is 2.52. The number of aliphatic hydroxyl groups excluding tert-OH is 1. The second kappa shape index (κ2) is 5.73. The normalized spacial score (nSPS) is 29.1. The van der Waals surface area contributed by atoms with Gasteiger partial charge in [0.15, 0.2) is 0 Å². The topological polar surface area (TPSA) is 60.9 Å². The van der Waals surface area contributed by atoms with E-state index in [0.29, 0.717) is 31.2 Å². The average molecular weight is 316 g/mol. The zero-order chi connectivity index (χ0) is 16.8. The van der Waals surface area contributed by atoms with Crippen molar-refractivity contribution in [3.05, 3.63) is 35.4 Å².